The minimum Gasteiger partial charge on any atom is -0.461 e. The lowest BCUT2D eigenvalue weighted by atomic mass is 10.2. The molecule has 0 fully saturated rings. The molecule has 1 unspecified atom stereocenters. The molecule has 2 N–H and O–H groups in total. The molecule has 5 heteroatoms. The molecule has 0 radical (unpaired) electrons. The number of carbonyl (C=O) groups excluding carboxylic acids is 1. The Morgan fingerprint density at radius 2 is 2.22 bits per heavy atom. The molecule has 0 aliphatic carbocycles. The van der Waals surface area contributed by atoms with Crippen LogP contribution in [0.3, 0.4) is 0 Å². The van der Waals surface area contributed by atoms with Crippen LogP contribution in [-0.2, 0) is 11.2 Å². The van der Waals surface area contributed by atoms with E-state index in [1.165, 1.54) is 16.2 Å². The summed E-state index contributed by atoms with van der Waals surface area (Å²) in [6.45, 7) is 2.22. The predicted octanol–water partition coefficient (Wildman–Crippen LogP) is 1.99. The highest BCUT2D eigenvalue weighted by molar-refractivity contribution is 7.13. The summed E-state index contributed by atoms with van der Waals surface area (Å²) in [6.07, 6.45) is 2.11. The van der Waals surface area contributed by atoms with Gasteiger partial charge in [-0.15, -0.1) is 11.3 Å². The van der Waals surface area contributed by atoms with Crippen LogP contribution in [0, 0.1) is 0 Å². The molecule has 1 rings (SSSR count). The summed E-state index contributed by atoms with van der Waals surface area (Å²) in [6, 6.07) is 3.73. The van der Waals surface area contributed by atoms with Crippen molar-refractivity contribution in [2.75, 3.05) is 13.2 Å². The molecule has 1 aromatic heterocycles. The molecule has 1 atom stereocenters. The van der Waals surface area contributed by atoms with Gasteiger partial charge < -0.3 is 14.9 Å². The number of ether oxygens (including phenoxy) is 1. The zero-order chi connectivity index (χ0) is 13.4. The van der Waals surface area contributed by atoms with Crippen molar-refractivity contribution in [2.45, 2.75) is 38.7 Å². The van der Waals surface area contributed by atoms with Crippen LogP contribution in [0.4, 0.5) is 0 Å². The third-order valence-electron chi connectivity index (χ3n) is 2.51. The number of hydrogen-bond acceptors (Lipinski definition) is 5. The summed E-state index contributed by atoms with van der Waals surface area (Å²) in [5.41, 5.74) is 0. The average molecular weight is 272 g/mol. The lowest BCUT2D eigenvalue weighted by molar-refractivity contribution is 0.0413. The van der Waals surface area contributed by atoms with E-state index < -0.39 is 6.10 Å². The average Bonchev–Trinajstić information content (AvgIpc) is 2.78. The minimum atomic E-state index is -0.609. The van der Waals surface area contributed by atoms with Crippen LogP contribution in [0.15, 0.2) is 12.1 Å². The lowest BCUT2D eigenvalue weighted by Gasteiger charge is -2.08. The molecule has 0 aliphatic heterocycles. The Labute approximate surface area is 111 Å². The topological polar surface area (TPSA) is 66.8 Å². The first-order valence-corrected chi connectivity index (χ1v) is 7.03. The Bertz CT molecular complexity index is 362. The van der Waals surface area contributed by atoms with Crippen molar-refractivity contribution in [1.82, 2.24) is 0 Å². The van der Waals surface area contributed by atoms with Crippen LogP contribution in [0.2, 0.25) is 0 Å². The van der Waals surface area contributed by atoms with Crippen molar-refractivity contribution in [3.05, 3.63) is 21.9 Å². The van der Waals surface area contributed by atoms with Gasteiger partial charge in [0, 0.05) is 17.9 Å². The highest BCUT2D eigenvalue weighted by atomic mass is 32.1. The number of thiophene rings is 1. The maximum Gasteiger partial charge on any atom is 0.348 e. The van der Waals surface area contributed by atoms with E-state index in [-0.39, 0.29) is 19.2 Å². The van der Waals surface area contributed by atoms with Crippen LogP contribution < -0.4 is 0 Å². The van der Waals surface area contributed by atoms with E-state index in [1.54, 1.807) is 6.07 Å². The van der Waals surface area contributed by atoms with Gasteiger partial charge in [-0.05, 0) is 25.0 Å². The van der Waals surface area contributed by atoms with Crippen LogP contribution in [-0.4, -0.2) is 35.5 Å². The van der Waals surface area contributed by atoms with Crippen LogP contribution in [0.1, 0.15) is 40.7 Å². The van der Waals surface area contributed by atoms with E-state index in [4.69, 9.17) is 9.84 Å². The monoisotopic (exact) mass is 272 g/mol. The molecule has 18 heavy (non-hydrogen) atoms. The molecule has 0 bridgehead atoms. The van der Waals surface area contributed by atoms with Gasteiger partial charge >= 0.3 is 5.97 Å². The van der Waals surface area contributed by atoms with Gasteiger partial charge in [0.05, 0.1) is 12.7 Å². The second-order valence-electron chi connectivity index (χ2n) is 4.11. The Kier molecular flexibility index (Phi) is 6.93. The first-order valence-electron chi connectivity index (χ1n) is 6.22. The highest BCUT2D eigenvalue weighted by Gasteiger charge is 2.11. The summed E-state index contributed by atoms with van der Waals surface area (Å²) < 4.78 is 5.07. The molecule has 0 aromatic carbocycles. The SMILES string of the molecule is CCCc1ccc(C(=O)OCCC(O)CCO)s1. The van der Waals surface area contributed by atoms with Gasteiger partial charge in [-0.25, -0.2) is 4.79 Å². The molecule has 4 nitrogen and oxygen atoms in total. The summed E-state index contributed by atoms with van der Waals surface area (Å²) >= 11 is 1.46. The van der Waals surface area contributed by atoms with Gasteiger partial charge in [-0.2, -0.15) is 0 Å². The normalized spacial score (nSPS) is 12.4. The zero-order valence-corrected chi connectivity index (χ0v) is 11.4. The molecule has 1 aromatic rings. The van der Waals surface area contributed by atoms with Gasteiger partial charge in [-0.3, -0.25) is 0 Å². The molecule has 1 heterocycles. The summed E-state index contributed by atoms with van der Waals surface area (Å²) in [5, 5.41) is 18.0. The van der Waals surface area contributed by atoms with E-state index >= 15 is 0 Å². The van der Waals surface area contributed by atoms with E-state index in [2.05, 4.69) is 6.92 Å². The lowest BCUT2D eigenvalue weighted by Crippen LogP contribution is -2.14. The smallest absolute Gasteiger partial charge is 0.348 e. The van der Waals surface area contributed by atoms with E-state index in [1.807, 2.05) is 6.07 Å². The quantitative estimate of drug-likeness (QED) is 0.710. The van der Waals surface area contributed by atoms with Crippen LogP contribution in [0.5, 0.6) is 0 Å². The number of aliphatic hydroxyl groups is 2. The van der Waals surface area contributed by atoms with Gasteiger partial charge in [0.25, 0.3) is 0 Å². The van der Waals surface area contributed by atoms with E-state index in [0.717, 1.165) is 12.8 Å². The second-order valence-corrected chi connectivity index (χ2v) is 5.27. The third kappa shape index (κ3) is 5.16. The molecular weight excluding hydrogens is 252 g/mol. The molecule has 0 amide bonds. The van der Waals surface area contributed by atoms with Gasteiger partial charge in [0.15, 0.2) is 0 Å². The maximum absolute atomic E-state index is 11.7. The number of hydrogen-bond donors (Lipinski definition) is 2. The Hall–Kier alpha value is -0.910. The summed E-state index contributed by atoms with van der Waals surface area (Å²) in [5.74, 6) is -0.335. The number of aryl methyl sites for hydroxylation is 1. The Morgan fingerprint density at radius 3 is 2.89 bits per heavy atom. The Balaban J connectivity index is 2.31. The fourth-order valence-electron chi connectivity index (χ4n) is 1.52. The molecule has 0 saturated carbocycles. The summed E-state index contributed by atoms with van der Waals surface area (Å²) in [4.78, 5) is 13.5. The number of aliphatic hydroxyl groups excluding tert-OH is 2. The van der Waals surface area contributed by atoms with Crippen molar-refractivity contribution in [3.63, 3.8) is 0 Å². The van der Waals surface area contributed by atoms with Crippen molar-refractivity contribution >= 4 is 17.3 Å². The first-order chi connectivity index (χ1) is 8.67. The van der Waals surface area contributed by atoms with Crippen molar-refractivity contribution in [1.29, 1.82) is 0 Å². The third-order valence-corrected chi connectivity index (χ3v) is 3.63. The van der Waals surface area contributed by atoms with E-state index in [9.17, 15) is 9.90 Å². The zero-order valence-electron chi connectivity index (χ0n) is 10.6. The van der Waals surface area contributed by atoms with Crippen LogP contribution in [0.25, 0.3) is 0 Å². The summed E-state index contributed by atoms with van der Waals surface area (Å²) in [7, 11) is 0. The first kappa shape index (κ1) is 15.1. The van der Waals surface area contributed by atoms with Crippen molar-refractivity contribution in [2.24, 2.45) is 0 Å². The number of carbonyl (C=O) groups is 1. The largest absolute Gasteiger partial charge is 0.461 e. The van der Waals surface area contributed by atoms with Gasteiger partial charge in [-0.1, -0.05) is 13.3 Å². The van der Waals surface area contributed by atoms with Crippen molar-refractivity contribution in [3.8, 4) is 0 Å². The molecule has 0 spiro atoms. The molecular formula is C13H20O4S. The number of rotatable bonds is 8. The Morgan fingerprint density at radius 1 is 1.44 bits per heavy atom. The second kappa shape index (κ2) is 8.24. The minimum absolute atomic E-state index is 0.0551. The molecule has 102 valence electrons. The fraction of sp³-hybridized carbons (Fsp3) is 0.615. The highest BCUT2D eigenvalue weighted by Crippen LogP contribution is 2.19. The van der Waals surface area contributed by atoms with E-state index in [0.29, 0.717) is 17.7 Å². The fourth-order valence-corrected chi connectivity index (χ4v) is 2.52. The van der Waals surface area contributed by atoms with Gasteiger partial charge in [0.2, 0.25) is 0 Å². The van der Waals surface area contributed by atoms with Gasteiger partial charge in [0.1, 0.15) is 4.88 Å². The van der Waals surface area contributed by atoms with Crippen LogP contribution >= 0.6 is 11.3 Å². The van der Waals surface area contributed by atoms with Crippen molar-refractivity contribution < 1.29 is 19.7 Å². The maximum atomic E-state index is 11.7. The molecule has 0 aliphatic rings. The number of esters is 1. The molecule has 0 saturated heterocycles. The standard InChI is InChI=1S/C13H20O4S/c1-2-3-11-4-5-12(18-11)13(16)17-9-7-10(15)6-8-14/h4-5,10,14-15H,2-3,6-9H2,1H3. The predicted molar refractivity (Wildman–Crippen MR) is 70.9 cm³/mol.